The largest absolute Gasteiger partial charge is 0.488 e. The molecule has 6 heteroatoms. The second-order valence-electron chi connectivity index (χ2n) is 4.82. The van der Waals surface area contributed by atoms with Gasteiger partial charge in [-0.05, 0) is 48.6 Å². The highest BCUT2D eigenvalue weighted by atomic mass is 32.1. The number of hydrogen-bond donors (Lipinski definition) is 2. The Morgan fingerprint density at radius 3 is 2.70 bits per heavy atom. The Morgan fingerprint density at radius 1 is 1.35 bits per heavy atom. The zero-order valence-electron chi connectivity index (χ0n) is 11.5. The van der Waals surface area contributed by atoms with Gasteiger partial charge in [0.1, 0.15) is 5.82 Å². The van der Waals surface area contributed by atoms with Gasteiger partial charge in [-0.15, -0.1) is 11.3 Å². The molecule has 2 rings (SSSR count). The molecule has 0 fully saturated rings. The van der Waals surface area contributed by atoms with Crippen LogP contribution in [0.25, 0.3) is 0 Å². The van der Waals surface area contributed by atoms with Crippen LogP contribution in [0.5, 0.6) is 0 Å². The summed E-state index contributed by atoms with van der Waals surface area (Å²) in [4.78, 5) is 3.33. The lowest BCUT2D eigenvalue weighted by atomic mass is 9.77. The third kappa shape index (κ3) is 3.46. The average molecular weight is 293 g/mol. The summed E-state index contributed by atoms with van der Waals surface area (Å²) in [6.07, 6.45) is 0. The van der Waals surface area contributed by atoms with Gasteiger partial charge in [0, 0.05) is 17.5 Å². The Bertz CT molecular complexity index is 562. The molecule has 0 aliphatic carbocycles. The van der Waals surface area contributed by atoms with E-state index in [1.165, 1.54) is 17.0 Å². The maximum Gasteiger partial charge on any atom is 0.488 e. The van der Waals surface area contributed by atoms with E-state index >= 15 is 0 Å². The van der Waals surface area contributed by atoms with Gasteiger partial charge in [-0.25, -0.2) is 4.39 Å². The maximum absolute atomic E-state index is 13.2. The third-order valence-electron chi connectivity index (χ3n) is 3.42. The van der Waals surface area contributed by atoms with Crippen LogP contribution in [0.1, 0.15) is 23.4 Å². The van der Waals surface area contributed by atoms with Crippen molar-refractivity contribution in [1.29, 1.82) is 0 Å². The first kappa shape index (κ1) is 15.2. The van der Waals surface area contributed by atoms with Crippen LogP contribution in [-0.2, 0) is 6.54 Å². The number of thiophene rings is 1. The average Bonchev–Trinajstić information content (AvgIpc) is 2.93. The Balaban J connectivity index is 2.17. The summed E-state index contributed by atoms with van der Waals surface area (Å²) in [6, 6.07) is 8.39. The highest BCUT2D eigenvalue weighted by Gasteiger charge is 2.20. The van der Waals surface area contributed by atoms with E-state index in [1.807, 2.05) is 18.5 Å². The molecule has 1 atom stereocenters. The number of benzene rings is 1. The van der Waals surface area contributed by atoms with Crippen LogP contribution in [-0.4, -0.2) is 29.1 Å². The highest BCUT2D eigenvalue weighted by molar-refractivity contribution is 7.10. The van der Waals surface area contributed by atoms with Gasteiger partial charge in [0.05, 0.1) is 0 Å². The predicted octanol–water partition coefficient (Wildman–Crippen LogP) is 1.76. The lowest BCUT2D eigenvalue weighted by molar-refractivity contribution is 0.256. The van der Waals surface area contributed by atoms with Crippen molar-refractivity contribution < 1.29 is 14.4 Å². The second-order valence-corrected chi connectivity index (χ2v) is 5.80. The van der Waals surface area contributed by atoms with Crippen molar-refractivity contribution in [3.05, 3.63) is 52.0 Å². The molecule has 1 unspecified atom stereocenters. The minimum Gasteiger partial charge on any atom is -0.423 e. The number of halogens is 1. The van der Waals surface area contributed by atoms with E-state index in [9.17, 15) is 14.4 Å². The van der Waals surface area contributed by atoms with Crippen molar-refractivity contribution >= 4 is 23.9 Å². The second kappa shape index (κ2) is 6.50. The van der Waals surface area contributed by atoms with Gasteiger partial charge in [-0.3, -0.25) is 4.90 Å². The van der Waals surface area contributed by atoms with Crippen LogP contribution < -0.4 is 5.46 Å². The number of nitrogens with zero attached hydrogens (tertiary/aromatic N) is 1. The van der Waals surface area contributed by atoms with Crippen LogP contribution in [0.2, 0.25) is 0 Å². The van der Waals surface area contributed by atoms with E-state index in [-0.39, 0.29) is 11.5 Å². The van der Waals surface area contributed by atoms with Crippen LogP contribution in [0.3, 0.4) is 0 Å². The molecule has 1 heterocycles. The first-order chi connectivity index (χ1) is 9.49. The smallest absolute Gasteiger partial charge is 0.423 e. The molecule has 0 aliphatic heterocycles. The van der Waals surface area contributed by atoms with Crippen molar-refractivity contribution in [2.45, 2.75) is 19.5 Å². The fourth-order valence-corrected chi connectivity index (χ4v) is 2.95. The Labute approximate surface area is 122 Å². The first-order valence-corrected chi connectivity index (χ1v) is 7.25. The minimum absolute atomic E-state index is 0.212. The molecule has 0 spiro atoms. The summed E-state index contributed by atoms with van der Waals surface area (Å²) < 4.78 is 13.2. The highest BCUT2D eigenvalue weighted by Crippen LogP contribution is 2.24. The van der Waals surface area contributed by atoms with E-state index in [4.69, 9.17) is 0 Å². The normalized spacial score (nSPS) is 12.7. The predicted molar refractivity (Wildman–Crippen MR) is 80.4 cm³/mol. The van der Waals surface area contributed by atoms with E-state index in [1.54, 1.807) is 17.4 Å². The third-order valence-corrected chi connectivity index (χ3v) is 4.46. The molecule has 20 heavy (non-hydrogen) atoms. The van der Waals surface area contributed by atoms with E-state index in [0.717, 1.165) is 0 Å². The molecule has 2 N–H and O–H groups in total. The topological polar surface area (TPSA) is 43.7 Å². The molecule has 2 aromatic rings. The van der Waals surface area contributed by atoms with Gasteiger partial charge < -0.3 is 10.0 Å². The van der Waals surface area contributed by atoms with Crippen molar-refractivity contribution in [3.8, 4) is 0 Å². The zero-order chi connectivity index (χ0) is 14.7. The van der Waals surface area contributed by atoms with E-state index < -0.39 is 12.9 Å². The molecular formula is C14H17BFNO2S. The first-order valence-electron chi connectivity index (χ1n) is 6.37. The van der Waals surface area contributed by atoms with Gasteiger partial charge in [0.15, 0.2) is 0 Å². The Hall–Kier alpha value is -1.21. The number of rotatable bonds is 5. The molecule has 0 bridgehead atoms. The molecule has 1 aromatic carbocycles. The Morgan fingerprint density at radius 2 is 2.10 bits per heavy atom. The van der Waals surface area contributed by atoms with Crippen LogP contribution in [0.15, 0.2) is 35.7 Å². The van der Waals surface area contributed by atoms with Gasteiger partial charge in [0.25, 0.3) is 0 Å². The molecule has 3 nitrogen and oxygen atoms in total. The SMILES string of the molecule is CC(c1cccs1)N(C)Cc1ccc(F)cc1B(O)O. The molecule has 0 saturated heterocycles. The molecule has 0 radical (unpaired) electrons. The van der Waals surface area contributed by atoms with Crippen molar-refractivity contribution in [2.24, 2.45) is 0 Å². The van der Waals surface area contributed by atoms with Gasteiger partial charge >= 0.3 is 7.12 Å². The standard InChI is InChI=1S/C14H17BFNO2S/c1-10(14-4-3-7-20-14)17(2)9-11-5-6-12(16)8-13(11)15(18)19/h3-8,10,18-19H,9H2,1-2H3. The quantitative estimate of drug-likeness (QED) is 0.826. The zero-order valence-corrected chi connectivity index (χ0v) is 12.3. The fraction of sp³-hybridized carbons (Fsp3) is 0.286. The molecule has 1 aromatic heterocycles. The van der Waals surface area contributed by atoms with Crippen LogP contribution in [0, 0.1) is 5.82 Å². The maximum atomic E-state index is 13.2. The monoisotopic (exact) mass is 293 g/mol. The van der Waals surface area contributed by atoms with Gasteiger partial charge in [-0.1, -0.05) is 12.1 Å². The lowest BCUT2D eigenvalue weighted by Crippen LogP contribution is -2.35. The van der Waals surface area contributed by atoms with E-state index in [2.05, 4.69) is 17.9 Å². The van der Waals surface area contributed by atoms with Crippen molar-refractivity contribution in [3.63, 3.8) is 0 Å². The van der Waals surface area contributed by atoms with Crippen molar-refractivity contribution in [1.82, 2.24) is 4.90 Å². The fourth-order valence-electron chi connectivity index (χ4n) is 2.10. The summed E-state index contributed by atoms with van der Waals surface area (Å²) in [7, 11) is 0.299. The van der Waals surface area contributed by atoms with Crippen molar-refractivity contribution in [2.75, 3.05) is 7.05 Å². The summed E-state index contributed by atoms with van der Waals surface area (Å²) >= 11 is 1.68. The van der Waals surface area contributed by atoms with Gasteiger partial charge in [0.2, 0.25) is 0 Å². The molecular weight excluding hydrogens is 276 g/mol. The minimum atomic E-state index is -1.66. The number of hydrogen-bond acceptors (Lipinski definition) is 4. The van der Waals surface area contributed by atoms with Crippen LogP contribution >= 0.6 is 11.3 Å². The molecule has 0 aliphatic rings. The molecule has 0 saturated carbocycles. The summed E-state index contributed by atoms with van der Waals surface area (Å²) in [5.74, 6) is -0.467. The summed E-state index contributed by atoms with van der Waals surface area (Å²) in [5.41, 5.74) is 0.933. The molecule has 0 amide bonds. The van der Waals surface area contributed by atoms with Crippen LogP contribution in [0.4, 0.5) is 4.39 Å². The lowest BCUT2D eigenvalue weighted by Gasteiger charge is -2.25. The summed E-state index contributed by atoms with van der Waals surface area (Å²) in [5, 5.41) is 20.7. The molecule has 106 valence electrons. The Kier molecular flexibility index (Phi) is 4.93. The summed E-state index contributed by atoms with van der Waals surface area (Å²) in [6.45, 7) is 2.61. The van der Waals surface area contributed by atoms with E-state index in [0.29, 0.717) is 12.1 Å². The van der Waals surface area contributed by atoms with Gasteiger partial charge in [-0.2, -0.15) is 0 Å².